The predicted octanol–water partition coefficient (Wildman–Crippen LogP) is 9.50. The summed E-state index contributed by atoms with van der Waals surface area (Å²) in [5.41, 5.74) is 7.60. The number of hydrogen-bond acceptors (Lipinski definition) is 5. The van der Waals surface area contributed by atoms with Crippen molar-refractivity contribution in [2.45, 2.75) is 0 Å². The average molecular weight is 593 g/mol. The normalized spacial score (nSPS) is 12.4. The number of nitrogens with zero attached hydrogens (tertiary/aromatic N) is 6. The lowest BCUT2D eigenvalue weighted by Gasteiger charge is -2.11. The highest BCUT2D eigenvalue weighted by atomic mass is 32.1. The lowest BCUT2D eigenvalue weighted by molar-refractivity contribution is 0.952. The molecule has 0 atom stereocenters. The Balaban J connectivity index is 1.36. The molecule has 6 heterocycles. The van der Waals surface area contributed by atoms with Gasteiger partial charge in [-0.05, 0) is 48.5 Å². The van der Waals surface area contributed by atoms with Crippen LogP contribution in [0, 0.1) is 0 Å². The van der Waals surface area contributed by atoms with Gasteiger partial charge in [0.15, 0.2) is 11.6 Å². The third-order valence-corrected chi connectivity index (χ3v) is 10.3. The van der Waals surface area contributed by atoms with Crippen molar-refractivity contribution in [1.82, 2.24) is 28.9 Å². The number of aromatic nitrogens is 6. The fourth-order valence-electron chi connectivity index (χ4n) is 7.39. The summed E-state index contributed by atoms with van der Waals surface area (Å²) in [5.74, 6) is 1.80. The fourth-order valence-corrected chi connectivity index (χ4v) is 8.50. The molecule has 11 aromatic rings. The van der Waals surface area contributed by atoms with E-state index in [0.717, 1.165) is 22.2 Å². The molecule has 11 rings (SSSR count). The summed E-state index contributed by atoms with van der Waals surface area (Å²) in [6.07, 6.45) is 3.57. The van der Waals surface area contributed by atoms with E-state index in [1.165, 1.54) is 58.3 Å². The van der Waals surface area contributed by atoms with E-state index in [4.69, 9.17) is 15.0 Å². The highest BCUT2D eigenvalue weighted by molar-refractivity contribution is 7.26. The summed E-state index contributed by atoms with van der Waals surface area (Å²) >= 11 is 1.87. The van der Waals surface area contributed by atoms with E-state index >= 15 is 0 Å². The zero-order chi connectivity index (χ0) is 29.2. The van der Waals surface area contributed by atoms with Gasteiger partial charge in [-0.2, -0.15) is 9.97 Å². The molecule has 6 aromatic heterocycles. The molecule has 0 bridgehead atoms. The third kappa shape index (κ3) is 2.98. The molecule has 7 heteroatoms. The fraction of sp³-hybridized carbons (Fsp3) is 0. The van der Waals surface area contributed by atoms with E-state index in [-0.39, 0.29) is 0 Å². The Morgan fingerprint density at radius 1 is 0.489 bits per heavy atom. The van der Waals surface area contributed by atoms with Crippen molar-refractivity contribution < 1.29 is 0 Å². The van der Waals surface area contributed by atoms with E-state index in [2.05, 4.69) is 80.7 Å². The molecule has 0 unspecified atom stereocenters. The molecule has 0 saturated carbocycles. The van der Waals surface area contributed by atoms with Crippen molar-refractivity contribution >= 4 is 80.6 Å². The number of rotatable bonds is 3. The van der Waals surface area contributed by atoms with Crippen molar-refractivity contribution in [3.8, 4) is 28.7 Å². The predicted molar refractivity (Wildman–Crippen MR) is 184 cm³/mol. The number of fused-ring (bicyclic) bond motifs is 4. The van der Waals surface area contributed by atoms with Gasteiger partial charge in [0.2, 0.25) is 5.95 Å². The molecule has 0 amide bonds. The Morgan fingerprint density at radius 2 is 1.22 bits per heavy atom. The molecule has 0 aliphatic heterocycles. The van der Waals surface area contributed by atoms with Gasteiger partial charge in [0.1, 0.15) is 0 Å². The lowest BCUT2D eigenvalue weighted by atomic mass is 10.0. The Labute approximate surface area is 259 Å². The van der Waals surface area contributed by atoms with Crippen LogP contribution in [0.5, 0.6) is 0 Å². The Bertz CT molecular complexity index is 2860. The van der Waals surface area contributed by atoms with Crippen LogP contribution in [-0.4, -0.2) is 28.9 Å². The standard InChI is InChI=1S/C38H20N6S/c1-2-8-21(9-3-1)36-40-37(22-10-7-19-39-20-22)42-38(41-36)44-27-14-6-13-26-31(27)32-28(44)16-18-29-33(32)34-30(45-29)17-15-24-23-11-4-5-12-25(23)43(26)35(24)34/h1-20H. The molecule has 0 radical (unpaired) electrons. The van der Waals surface area contributed by atoms with Gasteiger partial charge < -0.3 is 4.40 Å². The van der Waals surface area contributed by atoms with E-state index in [1.807, 2.05) is 53.8 Å². The number of para-hydroxylation sites is 1. The van der Waals surface area contributed by atoms with Crippen molar-refractivity contribution in [2.24, 2.45) is 0 Å². The van der Waals surface area contributed by atoms with Gasteiger partial charge in [0.05, 0.1) is 27.6 Å². The van der Waals surface area contributed by atoms with Gasteiger partial charge in [-0.15, -0.1) is 11.3 Å². The summed E-state index contributed by atoms with van der Waals surface area (Å²) in [6, 6.07) is 38.5. The van der Waals surface area contributed by atoms with Crippen LogP contribution in [0.3, 0.4) is 0 Å². The first-order chi connectivity index (χ1) is 22.3. The minimum Gasteiger partial charge on any atom is -0.308 e. The maximum Gasteiger partial charge on any atom is 0.238 e. The molecule has 0 aliphatic carbocycles. The number of hydrogen-bond donors (Lipinski definition) is 0. The summed E-state index contributed by atoms with van der Waals surface area (Å²) in [7, 11) is 0. The largest absolute Gasteiger partial charge is 0.308 e. The molecule has 0 saturated heterocycles. The van der Waals surface area contributed by atoms with Crippen LogP contribution in [0.15, 0.2) is 122 Å². The maximum absolute atomic E-state index is 5.14. The second-order valence-electron chi connectivity index (χ2n) is 11.5. The minimum absolute atomic E-state index is 0.585. The van der Waals surface area contributed by atoms with Gasteiger partial charge in [-0.25, -0.2) is 4.98 Å². The Morgan fingerprint density at radius 3 is 2.11 bits per heavy atom. The molecular weight excluding hydrogens is 573 g/mol. The highest BCUT2D eigenvalue weighted by Crippen LogP contribution is 2.49. The zero-order valence-electron chi connectivity index (χ0n) is 23.6. The summed E-state index contributed by atoms with van der Waals surface area (Å²) < 4.78 is 7.29. The Hall–Kier alpha value is -5.92. The van der Waals surface area contributed by atoms with E-state index in [0.29, 0.717) is 17.6 Å². The Kier molecular flexibility index (Phi) is 4.38. The molecule has 208 valence electrons. The smallest absolute Gasteiger partial charge is 0.238 e. The summed E-state index contributed by atoms with van der Waals surface area (Å²) in [4.78, 5) is 19.6. The van der Waals surface area contributed by atoms with Crippen molar-refractivity contribution in [1.29, 1.82) is 0 Å². The topological polar surface area (TPSA) is 60.9 Å². The molecule has 0 spiro atoms. The van der Waals surface area contributed by atoms with Crippen molar-refractivity contribution in [3.63, 3.8) is 0 Å². The molecule has 6 nitrogen and oxygen atoms in total. The third-order valence-electron chi connectivity index (χ3n) is 9.18. The highest BCUT2D eigenvalue weighted by Gasteiger charge is 2.26. The van der Waals surface area contributed by atoms with E-state index < -0.39 is 0 Å². The zero-order valence-corrected chi connectivity index (χ0v) is 24.5. The molecule has 0 N–H and O–H groups in total. The summed E-state index contributed by atoms with van der Waals surface area (Å²) in [5, 5.41) is 7.64. The van der Waals surface area contributed by atoms with Crippen molar-refractivity contribution in [3.05, 3.63) is 122 Å². The van der Waals surface area contributed by atoms with Gasteiger partial charge in [0.25, 0.3) is 0 Å². The second-order valence-corrected chi connectivity index (χ2v) is 12.6. The van der Waals surface area contributed by atoms with Crippen molar-refractivity contribution in [2.75, 3.05) is 0 Å². The molecule has 0 fully saturated rings. The molecule has 45 heavy (non-hydrogen) atoms. The molecule has 5 aromatic carbocycles. The lowest BCUT2D eigenvalue weighted by Crippen LogP contribution is -2.06. The summed E-state index contributed by atoms with van der Waals surface area (Å²) in [6.45, 7) is 0. The monoisotopic (exact) mass is 592 g/mol. The van der Waals surface area contributed by atoms with Gasteiger partial charge in [-0.1, -0.05) is 60.7 Å². The number of pyridine rings is 1. The van der Waals surface area contributed by atoms with Crippen LogP contribution in [0.2, 0.25) is 0 Å². The van der Waals surface area contributed by atoms with Crippen LogP contribution >= 0.6 is 11.3 Å². The van der Waals surface area contributed by atoms with Crippen LogP contribution in [0.25, 0.3) is 98.0 Å². The number of benzene rings is 5. The minimum atomic E-state index is 0.585. The van der Waals surface area contributed by atoms with E-state index in [1.54, 1.807) is 12.4 Å². The maximum atomic E-state index is 5.14. The van der Waals surface area contributed by atoms with Crippen LogP contribution in [0.1, 0.15) is 0 Å². The quantitative estimate of drug-likeness (QED) is 0.205. The number of thiophene rings is 1. The van der Waals surface area contributed by atoms with E-state index in [9.17, 15) is 0 Å². The second kappa shape index (κ2) is 8.37. The molecular formula is C38H20N6S. The first-order valence-electron chi connectivity index (χ1n) is 14.9. The molecule has 0 aliphatic rings. The van der Waals surface area contributed by atoms with Gasteiger partial charge >= 0.3 is 0 Å². The van der Waals surface area contributed by atoms with Crippen LogP contribution in [0.4, 0.5) is 0 Å². The van der Waals surface area contributed by atoms with Gasteiger partial charge in [-0.3, -0.25) is 9.55 Å². The average Bonchev–Trinajstić information content (AvgIpc) is 3.73. The first-order valence-corrected chi connectivity index (χ1v) is 15.7. The van der Waals surface area contributed by atoms with Crippen LogP contribution < -0.4 is 0 Å². The van der Waals surface area contributed by atoms with Gasteiger partial charge in [0, 0.05) is 65.2 Å². The van der Waals surface area contributed by atoms with Crippen LogP contribution in [-0.2, 0) is 0 Å². The SMILES string of the molecule is c1ccc(-c2nc(-c3cccnc3)nc(-n3c4ccc5sc6ccc7c8ccccc8n8c9cccc3c9c4c5c6c78)n2)cc1. The first kappa shape index (κ1) is 23.5.